The second-order valence-electron chi connectivity index (χ2n) is 4.46. The van der Waals surface area contributed by atoms with E-state index in [0.29, 0.717) is 11.7 Å². The van der Waals surface area contributed by atoms with Gasteiger partial charge in [0.25, 0.3) is 0 Å². The van der Waals surface area contributed by atoms with Gasteiger partial charge in [0.05, 0.1) is 11.8 Å². The molecule has 0 bridgehead atoms. The van der Waals surface area contributed by atoms with Crippen molar-refractivity contribution in [2.45, 2.75) is 37.3 Å². The zero-order valence-corrected chi connectivity index (χ0v) is 12.9. The van der Waals surface area contributed by atoms with Crippen LogP contribution in [0.15, 0.2) is 35.5 Å². The molecule has 0 radical (unpaired) electrons. The quantitative estimate of drug-likeness (QED) is 0.796. The number of thioether (sulfide) groups is 1. The Morgan fingerprint density at radius 3 is 2.71 bits per heavy atom. The number of nitrogens with one attached hydrogen (secondary N) is 1. The molecule has 0 aliphatic carbocycles. The minimum Gasteiger partial charge on any atom is -0.325 e. The van der Waals surface area contributed by atoms with E-state index in [1.807, 2.05) is 48.7 Å². The molecular formula is C14H19N5OS. The minimum atomic E-state index is -0.273. The first kappa shape index (κ1) is 15.5. The molecule has 0 spiro atoms. The van der Waals surface area contributed by atoms with Crippen molar-refractivity contribution in [2.24, 2.45) is 5.73 Å². The van der Waals surface area contributed by atoms with Crippen LogP contribution in [0.1, 0.15) is 19.7 Å². The Morgan fingerprint density at radius 1 is 1.38 bits per heavy atom. The highest BCUT2D eigenvalue weighted by Gasteiger charge is 2.19. The van der Waals surface area contributed by atoms with Gasteiger partial charge in [-0.1, -0.05) is 30.0 Å². The monoisotopic (exact) mass is 305 g/mol. The zero-order chi connectivity index (χ0) is 15.2. The lowest BCUT2D eigenvalue weighted by Crippen LogP contribution is -2.23. The topological polar surface area (TPSA) is 85.8 Å². The predicted molar refractivity (Wildman–Crippen MR) is 84.0 cm³/mol. The van der Waals surface area contributed by atoms with E-state index < -0.39 is 0 Å². The van der Waals surface area contributed by atoms with Crippen molar-refractivity contribution < 1.29 is 4.79 Å². The molecule has 1 aromatic carbocycles. The highest BCUT2D eigenvalue weighted by molar-refractivity contribution is 8.00. The molecule has 7 heteroatoms. The molecular weight excluding hydrogens is 286 g/mol. The van der Waals surface area contributed by atoms with Crippen molar-refractivity contribution in [3.8, 4) is 0 Å². The summed E-state index contributed by atoms with van der Waals surface area (Å²) in [4.78, 5) is 12.2. The average molecular weight is 305 g/mol. The van der Waals surface area contributed by atoms with Gasteiger partial charge in [-0.2, -0.15) is 0 Å². The third-order valence-corrected chi connectivity index (χ3v) is 4.07. The van der Waals surface area contributed by atoms with E-state index in [1.165, 1.54) is 11.8 Å². The Morgan fingerprint density at radius 2 is 2.10 bits per heavy atom. The normalized spacial score (nSPS) is 12.1. The van der Waals surface area contributed by atoms with Crippen molar-refractivity contribution in [1.29, 1.82) is 0 Å². The van der Waals surface area contributed by atoms with Crippen LogP contribution in [-0.2, 0) is 17.9 Å². The fourth-order valence-corrected chi connectivity index (χ4v) is 2.78. The van der Waals surface area contributed by atoms with Crippen LogP contribution >= 0.6 is 11.8 Å². The molecule has 1 atom stereocenters. The average Bonchev–Trinajstić information content (AvgIpc) is 2.89. The number of carbonyl (C=O) groups is 1. The third-order valence-electron chi connectivity index (χ3n) is 2.98. The predicted octanol–water partition coefficient (Wildman–Crippen LogP) is 1.88. The van der Waals surface area contributed by atoms with Crippen LogP contribution < -0.4 is 11.1 Å². The number of hydrogen-bond acceptors (Lipinski definition) is 5. The lowest BCUT2D eigenvalue weighted by atomic mass is 10.3. The number of aromatic nitrogens is 3. The molecule has 2 rings (SSSR count). The second kappa shape index (κ2) is 7.24. The maximum atomic E-state index is 12.2. The van der Waals surface area contributed by atoms with Crippen LogP contribution in [0.5, 0.6) is 0 Å². The number of benzene rings is 1. The van der Waals surface area contributed by atoms with E-state index in [-0.39, 0.29) is 11.2 Å². The van der Waals surface area contributed by atoms with Gasteiger partial charge in [0.15, 0.2) is 5.16 Å². The summed E-state index contributed by atoms with van der Waals surface area (Å²) in [5, 5.41) is 11.5. The van der Waals surface area contributed by atoms with Crippen LogP contribution in [-0.4, -0.2) is 25.9 Å². The Balaban J connectivity index is 2.02. The standard InChI is InChI=1S/C14H19N5OS/c1-3-19-12(9-15)17-18-14(19)21-10(2)13(20)16-11-7-5-4-6-8-11/h4-8,10H,3,9,15H2,1-2H3,(H,16,20). The number of para-hydroxylation sites is 1. The molecule has 0 aliphatic rings. The Hall–Kier alpha value is -1.86. The first-order chi connectivity index (χ1) is 10.2. The van der Waals surface area contributed by atoms with Gasteiger partial charge in [-0.15, -0.1) is 10.2 Å². The summed E-state index contributed by atoms with van der Waals surface area (Å²) >= 11 is 1.38. The van der Waals surface area contributed by atoms with Gasteiger partial charge in [0.1, 0.15) is 5.82 Å². The fraction of sp³-hybridized carbons (Fsp3) is 0.357. The highest BCUT2D eigenvalue weighted by Crippen LogP contribution is 2.23. The SMILES string of the molecule is CCn1c(CN)nnc1SC(C)C(=O)Nc1ccccc1. The number of nitrogens with zero attached hydrogens (tertiary/aromatic N) is 3. The van der Waals surface area contributed by atoms with Gasteiger partial charge in [-0.25, -0.2) is 0 Å². The number of rotatable bonds is 6. The summed E-state index contributed by atoms with van der Waals surface area (Å²) in [5.41, 5.74) is 6.41. The molecule has 3 N–H and O–H groups in total. The van der Waals surface area contributed by atoms with Gasteiger partial charge in [0.2, 0.25) is 5.91 Å². The second-order valence-corrected chi connectivity index (χ2v) is 5.77. The molecule has 1 amide bonds. The number of amides is 1. The molecule has 1 aromatic heterocycles. The summed E-state index contributed by atoms with van der Waals surface area (Å²) in [5.74, 6) is 0.668. The van der Waals surface area contributed by atoms with Gasteiger partial charge in [0, 0.05) is 12.2 Å². The van der Waals surface area contributed by atoms with E-state index in [0.717, 1.165) is 18.1 Å². The third kappa shape index (κ3) is 3.83. The number of nitrogens with two attached hydrogens (primary N) is 1. The lowest BCUT2D eigenvalue weighted by molar-refractivity contribution is -0.115. The molecule has 0 saturated carbocycles. The number of anilines is 1. The Labute approximate surface area is 128 Å². The highest BCUT2D eigenvalue weighted by atomic mass is 32.2. The van der Waals surface area contributed by atoms with Crippen LogP contribution in [0.3, 0.4) is 0 Å². The van der Waals surface area contributed by atoms with E-state index in [4.69, 9.17) is 5.73 Å². The fourth-order valence-electron chi connectivity index (χ4n) is 1.85. The zero-order valence-electron chi connectivity index (χ0n) is 12.1. The summed E-state index contributed by atoms with van der Waals surface area (Å²) in [6.07, 6.45) is 0. The van der Waals surface area contributed by atoms with Gasteiger partial charge in [-0.3, -0.25) is 4.79 Å². The molecule has 0 fully saturated rings. The summed E-state index contributed by atoms with van der Waals surface area (Å²) < 4.78 is 1.93. The first-order valence-electron chi connectivity index (χ1n) is 6.80. The van der Waals surface area contributed by atoms with Crippen molar-refractivity contribution in [1.82, 2.24) is 14.8 Å². The molecule has 112 valence electrons. The Bertz CT molecular complexity index is 599. The van der Waals surface area contributed by atoms with Crippen molar-refractivity contribution >= 4 is 23.4 Å². The van der Waals surface area contributed by atoms with Crippen LogP contribution in [0.2, 0.25) is 0 Å². The summed E-state index contributed by atoms with van der Waals surface area (Å²) in [6.45, 7) is 4.92. The molecule has 0 aliphatic heterocycles. The molecule has 2 aromatic rings. The molecule has 21 heavy (non-hydrogen) atoms. The molecule has 1 unspecified atom stereocenters. The lowest BCUT2D eigenvalue weighted by Gasteiger charge is -2.12. The van der Waals surface area contributed by atoms with Crippen LogP contribution in [0, 0.1) is 0 Å². The smallest absolute Gasteiger partial charge is 0.237 e. The van der Waals surface area contributed by atoms with E-state index in [1.54, 1.807) is 0 Å². The maximum absolute atomic E-state index is 12.2. The molecule has 1 heterocycles. The number of hydrogen-bond donors (Lipinski definition) is 2. The van der Waals surface area contributed by atoms with Crippen molar-refractivity contribution in [3.05, 3.63) is 36.2 Å². The van der Waals surface area contributed by atoms with Crippen molar-refractivity contribution in [3.63, 3.8) is 0 Å². The minimum absolute atomic E-state index is 0.0637. The summed E-state index contributed by atoms with van der Waals surface area (Å²) in [6, 6.07) is 9.39. The molecule has 0 saturated heterocycles. The Kier molecular flexibility index (Phi) is 5.35. The first-order valence-corrected chi connectivity index (χ1v) is 7.68. The molecule has 6 nitrogen and oxygen atoms in total. The van der Waals surface area contributed by atoms with Crippen molar-refractivity contribution in [2.75, 3.05) is 5.32 Å². The van der Waals surface area contributed by atoms with Gasteiger partial charge >= 0.3 is 0 Å². The number of carbonyl (C=O) groups excluding carboxylic acids is 1. The van der Waals surface area contributed by atoms with Crippen LogP contribution in [0.25, 0.3) is 0 Å². The van der Waals surface area contributed by atoms with E-state index >= 15 is 0 Å². The summed E-state index contributed by atoms with van der Waals surface area (Å²) in [7, 11) is 0. The van der Waals surface area contributed by atoms with Crippen LogP contribution in [0.4, 0.5) is 5.69 Å². The van der Waals surface area contributed by atoms with Gasteiger partial charge < -0.3 is 15.6 Å². The van der Waals surface area contributed by atoms with E-state index in [2.05, 4.69) is 15.5 Å². The van der Waals surface area contributed by atoms with Gasteiger partial charge in [-0.05, 0) is 26.0 Å². The maximum Gasteiger partial charge on any atom is 0.237 e. The largest absolute Gasteiger partial charge is 0.325 e. The van der Waals surface area contributed by atoms with E-state index in [9.17, 15) is 4.79 Å².